The van der Waals surface area contributed by atoms with Crippen LogP contribution in [0, 0.1) is 0 Å². The Bertz CT molecular complexity index is 264. The van der Waals surface area contributed by atoms with Gasteiger partial charge in [-0.2, -0.15) is 0 Å². The van der Waals surface area contributed by atoms with Crippen molar-refractivity contribution in [3.8, 4) is 0 Å². The lowest BCUT2D eigenvalue weighted by Gasteiger charge is -2.21. The van der Waals surface area contributed by atoms with Crippen LogP contribution in [0.3, 0.4) is 0 Å². The molecular formula is C15H25N. The van der Waals surface area contributed by atoms with E-state index in [9.17, 15) is 0 Å². The Labute approximate surface area is 100 Å². The quantitative estimate of drug-likeness (QED) is 0.736. The Hall–Kier alpha value is -0.820. The van der Waals surface area contributed by atoms with Crippen molar-refractivity contribution in [1.82, 2.24) is 5.32 Å². The van der Waals surface area contributed by atoms with Crippen LogP contribution < -0.4 is 5.32 Å². The molecule has 0 saturated heterocycles. The summed E-state index contributed by atoms with van der Waals surface area (Å²) in [5, 5.41) is 3.69. The molecule has 0 aliphatic heterocycles. The molecule has 0 aliphatic rings. The maximum atomic E-state index is 3.69. The smallest absolute Gasteiger partial charge is 0.00642 e. The maximum Gasteiger partial charge on any atom is 0.00642 e. The second-order valence-corrected chi connectivity index (χ2v) is 4.61. The van der Waals surface area contributed by atoms with Gasteiger partial charge < -0.3 is 5.32 Å². The van der Waals surface area contributed by atoms with Gasteiger partial charge in [0.05, 0.1) is 0 Å². The van der Waals surface area contributed by atoms with Crippen LogP contribution in [-0.2, 0) is 6.42 Å². The van der Waals surface area contributed by atoms with Crippen molar-refractivity contribution in [3.63, 3.8) is 0 Å². The van der Waals surface area contributed by atoms with Gasteiger partial charge in [0.2, 0.25) is 0 Å². The highest BCUT2D eigenvalue weighted by molar-refractivity contribution is 5.14. The number of rotatable bonds is 7. The van der Waals surface area contributed by atoms with Crippen LogP contribution >= 0.6 is 0 Å². The van der Waals surface area contributed by atoms with Gasteiger partial charge >= 0.3 is 0 Å². The van der Waals surface area contributed by atoms with E-state index < -0.39 is 0 Å². The molecule has 0 heterocycles. The van der Waals surface area contributed by atoms with E-state index in [4.69, 9.17) is 0 Å². The van der Waals surface area contributed by atoms with Crippen molar-refractivity contribution in [1.29, 1.82) is 0 Å². The predicted molar refractivity (Wildman–Crippen MR) is 71.7 cm³/mol. The van der Waals surface area contributed by atoms with Gasteiger partial charge in [0.1, 0.15) is 0 Å². The average molecular weight is 219 g/mol. The lowest BCUT2D eigenvalue weighted by molar-refractivity contribution is 0.409. The van der Waals surface area contributed by atoms with Crippen molar-refractivity contribution in [2.75, 3.05) is 0 Å². The minimum Gasteiger partial charge on any atom is -0.312 e. The molecule has 90 valence electrons. The molecule has 0 bridgehead atoms. The topological polar surface area (TPSA) is 12.0 Å². The molecule has 1 rings (SSSR count). The van der Waals surface area contributed by atoms with Gasteiger partial charge in [-0.15, -0.1) is 0 Å². The Morgan fingerprint density at radius 3 is 2.25 bits per heavy atom. The third-order valence-corrected chi connectivity index (χ3v) is 3.21. The first-order chi connectivity index (χ1) is 7.76. The number of nitrogens with one attached hydrogen (secondary N) is 1. The Morgan fingerprint density at radius 1 is 1.06 bits per heavy atom. The zero-order valence-corrected chi connectivity index (χ0v) is 10.9. The highest BCUT2D eigenvalue weighted by atomic mass is 14.9. The summed E-state index contributed by atoms with van der Waals surface area (Å²) in [5.74, 6) is 0. The first kappa shape index (κ1) is 13.2. The fourth-order valence-electron chi connectivity index (χ4n) is 2.04. The van der Waals surface area contributed by atoms with Crippen LogP contribution in [-0.4, -0.2) is 12.1 Å². The van der Waals surface area contributed by atoms with E-state index in [1.807, 2.05) is 0 Å². The third-order valence-electron chi connectivity index (χ3n) is 3.21. The average Bonchev–Trinajstić information content (AvgIpc) is 2.34. The lowest BCUT2D eigenvalue weighted by Crippen LogP contribution is -2.35. The van der Waals surface area contributed by atoms with Gasteiger partial charge in [-0.3, -0.25) is 0 Å². The normalized spacial score (nSPS) is 13.0. The van der Waals surface area contributed by atoms with E-state index >= 15 is 0 Å². The molecule has 1 unspecified atom stereocenters. The highest BCUT2D eigenvalue weighted by Crippen LogP contribution is 2.06. The van der Waals surface area contributed by atoms with Crippen LogP contribution in [0.1, 0.15) is 45.6 Å². The summed E-state index contributed by atoms with van der Waals surface area (Å²) in [6.07, 6.45) is 4.86. The molecule has 0 aromatic heterocycles. The largest absolute Gasteiger partial charge is 0.312 e. The molecule has 0 spiro atoms. The van der Waals surface area contributed by atoms with Gasteiger partial charge in [-0.05, 0) is 38.2 Å². The summed E-state index contributed by atoms with van der Waals surface area (Å²) < 4.78 is 0. The fourth-order valence-corrected chi connectivity index (χ4v) is 2.04. The minimum atomic E-state index is 0.616. The van der Waals surface area contributed by atoms with E-state index in [1.165, 1.54) is 31.2 Å². The van der Waals surface area contributed by atoms with Crippen molar-refractivity contribution in [2.24, 2.45) is 0 Å². The van der Waals surface area contributed by atoms with Gasteiger partial charge in [-0.25, -0.2) is 0 Å². The molecule has 1 nitrogen and oxygen atoms in total. The molecule has 1 aromatic carbocycles. The van der Waals surface area contributed by atoms with E-state index in [0.29, 0.717) is 12.1 Å². The van der Waals surface area contributed by atoms with Gasteiger partial charge in [0, 0.05) is 12.1 Å². The summed E-state index contributed by atoms with van der Waals surface area (Å²) >= 11 is 0. The molecule has 0 aliphatic carbocycles. The zero-order valence-electron chi connectivity index (χ0n) is 10.9. The summed E-state index contributed by atoms with van der Waals surface area (Å²) in [4.78, 5) is 0. The second-order valence-electron chi connectivity index (χ2n) is 4.61. The standard InChI is InChI=1S/C15H25N/c1-4-15(5-2)16-13(3)11-12-14-9-7-6-8-10-14/h6-10,13,15-16H,4-5,11-12H2,1-3H3. The second kappa shape index (κ2) is 7.45. The molecule has 0 amide bonds. The molecule has 0 radical (unpaired) electrons. The monoisotopic (exact) mass is 219 g/mol. The van der Waals surface area contributed by atoms with E-state index in [-0.39, 0.29) is 0 Å². The molecule has 0 fully saturated rings. The Kier molecular flexibility index (Phi) is 6.17. The lowest BCUT2D eigenvalue weighted by atomic mass is 10.0. The van der Waals surface area contributed by atoms with Crippen molar-refractivity contribution in [2.45, 2.75) is 58.5 Å². The third kappa shape index (κ3) is 4.80. The van der Waals surface area contributed by atoms with Crippen molar-refractivity contribution >= 4 is 0 Å². The minimum absolute atomic E-state index is 0.616. The van der Waals surface area contributed by atoms with Crippen LogP contribution in [0.5, 0.6) is 0 Å². The van der Waals surface area contributed by atoms with E-state index in [1.54, 1.807) is 0 Å². The van der Waals surface area contributed by atoms with E-state index in [2.05, 4.69) is 56.4 Å². The molecular weight excluding hydrogens is 194 g/mol. The molecule has 1 atom stereocenters. The van der Waals surface area contributed by atoms with Gasteiger partial charge in [0.15, 0.2) is 0 Å². The fraction of sp³-hybridized carbons (Fsp3) is 0.600. The number of hydrogen-bond donors (Lipinski definition) is 1. The van der Waals surface area contributed by atoms with Gasteiger partial charge in [0.25, 0.3) is 0 Å². The summed E-state index contributed by atoms with van der Waals surface area (Å²) in [6.45, 7) is 6.80. The summed E-state index contributed by atoms with van der Waals surface area (Å²) in [5.41, 5.74) is 1.45. The maximum absolute atomic E-state index is 3.69. The van der Waals surface area contributed by atoms with Crippen LogP contribution in [0.15, 0.2) is 30.3 Å². The highest BCUT2D eigenvalue weighted by Gasteiger charge is 2.07. The van der Waals surface area contributed by atoms with Crippen LogP contribution in [0.2, 0.25) is 0 Å². The zero-order chi connectivity index (χ0) is 11.8. The molecule has 1 N–H and O–H groups in total. The van der Waals surface area contributed by atoms with Gasteiger partial charge in [-0.1, -0.05) is 44.2 Å². The molecule has 0 saturated carbocycles. The first-order valence-corrected chi connectivity index (χ1v) is 6.56. The Morgan fingerprint density at radius 2 is 1.69 bits per heavy atom. The van der Waals surface area contributed by atoms with Crippen molar-refractivity contribution < 1.29 is 0 Å². The SMILES string of the molecule is CCC(CC)NC(C)CCc1ccccc1. The van der Waals surface area contributed by atoms with E-state index in [0.717, 1.165) is 0 Å². The number of benzene rings is 1. The summed E-state index contributed by atoms with van der Waals surface area (Å²) in [7, 11) is 0. The van der Waals surface area contributed by atoms with Crippen LogP contribution in [0.25, 0.3) is 0 Å². The Balaban J connectivity index is 2.27. The predicted octanol–water partition coefficient (Wildman–Crippen LogP) is 3.79. The number of hydrogen-bond acceptors (Lipinski definition) is 1. The van der Waals surface area contributed by atoms with Crippen molar-refractivity contribution in [3.05, 3.63) is 35.9 Å². The molecule has 1 aromatic rings. The first-order valence-electron chi connectivity index (χ1n) is 6.56. The molecule has 1 heteroatoms. The number of aryl methyl sites for hydroxylation is 1. The molecule has 16 heavy (non-hydrogen) atoms. The van der Waals surface area contributed by atoms with Crippen LogP contribution in [0.4, 0.5) is 0 Å². The summed E-state index contributed by atoms with van der Waals surface area (Å²) in [6, 6.07) is 12.0.